The number of aryl methyl sites for hydroxylation is 1. The highest BCUT2D eigenvalue weighted by Gasteiger charge is 2.17. The minimum Gasteiger partial charge on any atom is -0.456 e. The maximum atomic E-state index is 12.3. The molecule has 0 spiro atoms. The van der Waals surface area contributed by atoms with Crippen LogP contribution in [0.25, 0.3) is 0 Å². The van der Waals surface area contributed by atoms with Crippen LogP contribution in [0.2, 0.25) is 5.02 Å². The summed E-state index contributed by atoms with van der Waals surface area (Å²) in [6, 6.07) is 8.85. The molecule has 0 fully saturated rings. The predicted octanol–water partition coefficient (Wildman–Crippen LogP) is 5.36. The van der Waals surface area contributed by atoms with Gasteiger partial charge < -0.3 is 9.30 Å². The van der Waals surface area contributed by atoms with Crippen molar-refractivity contribution in [2.45, 2.75) is 44.7 Å². The van der Waals surface area contributed by atoms with Crippen LogP contribution in [0.3, 0.4) is 0 Å². The Morgan fingerprint density at radius 3 is 2.38 bits per heavy atom. The van der Waals surface area contributed by atoms with Crippen LogP contribution in [0.15, 0.2) is 39.6 Å². The number of benzene rings is 1. The second kappa shape index (κ2) is 8.72. The number of ether oxygens (including phenoxy) is 1. The van der Waals surface area contributed by atoms with Gasteiger partial charge in [0.15, 0.2) is 0 Å². The fourth-order valence-corrected chi connectivity index (χ4v) is 4.30. The summed E-state index contributed by atoms with van der Waals surface area (Å²) >= 11 is 12.9. The van der Waals surface area contributed by atoms with E-state index in [0.29, 0.717) is 23.9 Å². The van der Waals surface area contributed by atoms with E-state index in [1.165, 1.54) is 0 Å². The number of hydrogen-bond donors (Lipinski definition) is 0. The molecular weight excluding hydrogens is 485 g/mol. The fourth-order valence-electron chi connectivity index (χ4n) is 2.39. The number of hydrogen-bond acceptors (Lipinski definition) is 3. The standard InChI is InChI=1S/C19H20Br2ClNO3/c1-19(2,3)26-18(25)13-6-4-12(5-7-13)8-9-23-16(11-20)14(21)10-15(22)17(23)24/h4-7,10H,8-9,11H2,1-3H3. The SMILES string of the molecule is CC(C)(C)OC(=O)c1ccc(CCn2c(CBr)c(Br)cc(Cl)c2=O)cc1. The summed E-state index contributed by atoms with van der Waals surface area (Å²) in [4.78, 5) is 24.4. The summed E-state index contributed by atoms with van der Waals surface area (Å²) < 4.78 is 7.80. The minimum atomic E-state index is -0.525. The molecule has 4 nitrogen and oxygen atoms in total. The predicted molar refractivity (Wildman–Crippen MR) is 111 cm³/mol. The van der Waals surface area contributed by atoms with Crippen LogP contribution in [-0.2, 0) is 23.0 Å². The van der Waals surface area contributed by atoms with Gasteiger partial charge in [-0.2, -0.15) is 0 Å². The van der Waals surface area contributed by atoms with Gasteiger partial charge in [0, 0.05) is 22.0 Å². The second-order valence-corrected chi connectivity index (χ2v) is 8.65. The van der Waals surface area contributed by atoms with Crippen LogP contribution in [0, 0.1) is 0 Å². The summed E-state index contributed by atoms with van der Waals surface area (Å²) in [5.41, 5.74) is 1.62. The maximum absolute atomic E-state index is 12.3. The molecule has 0 saturated carbocycles. The third kappa shape index (κ3) is 5.44. The minimum absolute atomic E-state index is 0.182. The Bertz CT molecular complexity index is 855. The quantitative estimate of drug-likeness (QED) is 0.406. The molecule has 0 bridgehead atoms. The van der Waals surface area contributed by atoms with E-state index in [-0.39, 0.29) is 16.6 Å². The number of alkyl halides is 1. The summed E-state index contributed by atoms with van der Waals surface area (Å²) in [5, 5.41) is 0.722. The first kappa shape index (κ1) is 21.2. The number of esters is 1. The molecule has 140 valence electrons. The van der Waals surface area contributed by atoms with Gasteiger partial charge in [-0.1, -0.05) is 39.7 Å². The van der Waals surface area contributed by atoms with E-state index < -0.39 is 5.60 Å². The zero-order chi connectivity index (χ0) is 19.5. The molecule has 0 amide bonds. The molecule has 1 aromatic heterocycles. The fraction of sp³-hybridized carbons (Fsp3) is 0.368. The molecule has 2 rings (SSSR count). The number of nitrogens with zero attached hydrogens (tertiary/aromatic N) is 1. The van der Waals surface area contributed by atoms with Gasteiger partial charge in [-0.15, -0.1) is 0 Å². The Morgan fingerprint density at radius 1 is 1.23 bits per heavy atom. The van der Waals surface area contributed by atoms with E-state index >= 15 is 0 Å². The Kier molecular flexibility index (Phi) is 7.11. The lowest BCUT2D eigenvalue weighted by molar-refractivity contribution is 0.00695. The largest absolute Gasteiger partial charge is 0.456 e. The van der Waals surface area contributed by atoms with Gasteiger partial charge in [0.25, 0.3) is 5.56 Å². The molecular formula is C19H20Br2ClNO3. The smallest absolute Gasteiger partial charge is 0.338 e. The van der Waals surface area contributed by atoms with E-state index in [1.54, 1.807) is 22.8 Å². The Balaban J connectivity index is 2.14. The zero-order valence-electron chi connectivity index (χ0n) is 14.8. The van der Waals surface area contributed by atoms with Crippen LogP contribution in [0.1, 0.15) is 42.4 Å². The Hall–Kier alpha value is -1.11. The van der Waals surface area contributed by atoms with Crippen LogP contribution >= 0.6 is 43.5 Å². The molecule has 0 radical (unpaired) electrons. The number of pyridine rings is 1. The summed E-state index contributed by atoms with van der Waals surface area (Å²) in [6.45, 7) is 6.00. The van der Waals surface area contributed by atoms with Gasteiger partial charge in [-0.05, 0) is 66.9 Å². The molecule has 1 aromatic carbocycles. The summed E-state index contributed by atoms with van der Waals surface area (Å²) in [7, 11) is 0. The molecule has 0 aliphatic rings. The Labute approximate surface area is 174 Å². The molecule has 0 unspecified atom stereocenters. The average molecular weight is 506 g/mol. The van der Waals surface area contributed by atoms with E-state index in [2.05, 4.69) is 31.9 Å². The first-order chi connectivity index (χ1) is 12.1. The number of rotatable bonds is 5. The Morgan fingerprint density at radius 2 is 1.85 bits per heavy atom. The highest BCUT2D eigenvalue weighted by molar-refractivity contribution is 9.10. The monoisotopic (exact) mass is 503 g/mol. The van der Waals surface area contributed by atoms with Crippen molar-refractivity contribution >= 4 is 49.4 Å². The summed E-state index contributed by atoms with van der Waals surface area (Å²) in [6.07, 6.45) is 0.640. The topological polar surface area (TPSA) is 48.3 Å². The normalized spacial score (nSPS) is 11.5. The van der Waals surface area contributed by atoms with Crippen LogP contribution in [-0.4, -0.2) is 16.1 Å². The van der Waals surface area contributed by atoms with Crippen molar-refractivity contribution in [1.82, 2.24) is 4.57 Å². The third-order valence-electron chi connectivity index (χ3n) is 3.64. The number of aromatic nitrogens is 1. The van der Waals surface area contributed by atoms with Crippen molar-refractivity contribution in [3.63, 3.8) is 0 Å². The molecule has 0 atom stereocenters. The van der Waals surface area contributed by atoms with Gasteiger partial charge >= 0.3 is 5.97 Å². The number of carbonyl (C=O) groups excluding carboxylic acids is 1. The van der Waals surface area contributed by atoms with Crippen molar-refractivity contribution in [3.8, 4) is 0 Å². The van der Waals surface area contributed by atoms with Crippen molar-refractivity contribution in [2.75, 3.05) is 0 Å². The van der Waals surface area contributed by atoms with E-state index in [4.69, 9.17) is 16.3 Å². The third-order valence-corrected chi connectivity index (χ3v) is 5.13. The lowest BCUT2D eigenvalue weighted by atomic mass is 10.1. The first-order valence-electron chi connectivity index (χ1n) is 8.08. The molecule has 0 aliphatic heterocycles. The highest BCUT2D eigenvalue weighted by Crippen LogP contribution is 2.21. The van der Waals surface area contributed by atoms with Gasteiger partial charge in [-0.3, -0.25) is 4.79 Å². The molecule has 26 heavy (non-hydrogen) atoms. The van der Waals surface area contributed by atoms with Gasteiger partial charge in [0.1, 0.15) is 10.6 Å². The molecule has 0 saturated heterocycles. The lowest BCUT2D eigenvalue weighted by Gasteiger charge is -2.19. The molecule has 0 aliphatic carbocycles. The molecule has 1 heterocycles. The van der Waals surface area contributed by atoms with Crippen LogP contribution in [0.4, 0.5) is 0 Å². The average Bonchev–Trinajstić information content (AvgIpc) is 2.55. The molecule has 2 aromatic rings. The summed E-state index contributed by atoms with van der Waals surface area (Å²) in [5.74, 6) is -0.347. The number of halogens is 3. The van der Waals surface area contributed by atoms with Crippen molar-refractivity contribution in [2.24, 2.45) is 0 Å². The van der Waals surface area contributed by atoms with E-state index in [1.807, 2.05) is 32.9 Å². The lowest BCUT2D eigenvalue weighted by Crippen LogP contribution is -2.25. The highest BCUT2D eigenvalue weighted by atomic mass is 79.9. The van der Waals surface area contributed by atoms with Gasteiger partial charge in [-0.25, -0.2) is 4.79 Å². The van der Waals surface area contributed by atoms with Crippen molar-refractivity contribution in [3.05, 3.63) is 67.0 Å². The van der Waals surface area contributed by atoms with Crippen LogP contribution in [0.5, 0.6) is 0 Å². The van der Waals surface area contributed by atoms with Crippen molar-refractivity contribution in [1.29, 1.82) is 0 Å². The van der Waals surface area contributed by atoms with Crippen molar-refractivity contribution < 1.29 is 9.53 Å². The second-order valence-electron chi connectivity index (χ2n) is 6.83. The first-order valence-corrected chi connectivity index (χ1v) is 10.4. The maximum Gasteiger partial charge on any atom is 0.338 e. The molecule has 7 heteroatoms. The van der Waals surface area contributed by atoms with E-state index in [9.17, 15) is 9.59 Å². The zero-order valence-corrected chi connectivity index (χ0v) is 18.7. The molecule has 0 N–H and O–H groups in total. The van der Waals surface area contributed by atoms with E-state index in [0.717, 1.165) is 15.7 Å². The van der Waals surface area contributed by atoms with Crippen LogP contribution < -0.4 is 5.56 Å². The van der Waals surface area contributed by atoms with Gasteiger partial charge in [0.05, 0.1) is 5.56 Å². The van der Waals surface area contributed by atoms with Gasteiger partial charge in [0.2, 0.25) is 0 Å². The number of carbonyl (C=O) groups is 1.